The molecular formula is C16H16FNO2. The molecular weight excluding hydrogens is 257 g/mol. The number of hydrogen-bond donors (Lipinski definition) is 0. The predicted molar refractivity (Wildman–Crippen MR) is 74.6 cm³/mol. The van der Waals surface area contributed by atoms with Gasteiger partial charge in [0.2, 0.25) is 0 Å². The molecule has 104 valence electrons. The number of carbonyl (C=O) groups is 1. The number of halogens is 1. The van der Waals surface area contributed by atoms with Crippen LogP contribution in [-0.2, 0) is 12.8 Å². The Labute approximate surface area is 117 Å². The lowest BCUT2D eigenvalue weighted by molar-refractivity contribution is 0.0991. The zero-order chi connectivity index (χ0) is 14.5. The van der Waals surface area contributed by atoms with E-state index in [1.165, 1.54) is 25.3 Å². The number of pyridine rings is 1. The molecule has 0 spiro atoms. The van der Waals surface area contributed by atoms with Crippen molar-refractivity contribution in [2.75, 3.05) is 7.11 Å². The highest BCUT2D eigenvalue weighted by Gasteiger charge is 2.11. The maximum Gasteiger partial charge on any atom is 0.168 e. The van der Waals surface area contributed by atoms with Crippen LogP contribution < -0.4 is 4.74 Å². The molecule has 20 heavy (non-hydrogen) atoms. The highest BCUT2D eigenvalue weighted by atomic mass is 19.1. The summed E-state index contributed by atoms with van der Waals surface area (Å²) in [5.41, 5.74) is 2.25. The van der Waals surface area contributed by atoms with Gasteiger partial charge in [0.05, 0.1) is 13.5 Å². The number of ether oxygens (including phenoxy) is 1. The molecule has 1 heterocycles. The lowest BCUT2D eigenvalue weighted by atomic mass is 10.1. The third kappa shape index (κ3) is 3.20. The van der Waals surface area contributed by atoms with Gasteiger partial charge in [0.1, 0.15) is 0 Å². The summed E-state index contributed by atoms with van der Waals surface area (Å²) in [6, 6.07) is 7.91. The van der Waals surface area contributed by atoms with Gasteiger partial charge in [-0.1, -0.05) is 13.0 Å². The minimum absolute atomic E-state index is 0.0742. The van der Waals surface area contributed by atoms with Gasteiger partial charge in [-0.25, -0.2) is 4.39 Å². The van der Waals surface area contributed by atoms with Crippen molar-refractivity contribution in [3.8, 4) is 5.75 Å². The Morgan fingerprint density at radius 3 is 2.70 bits per heavy atom. The smallest absolute Gasteiger partial charge is 0.168 e. The third-order valence-corrected chi connectivity index (χ3v) is 3.11. The number of ketones is 1. The van der Waals surface area contributed by atoms with E-state index in [0.29, 0.717) is 11.3 Å². The van der Waals surface area contributed by atoms with Crippen LogP contribution in [0.15, 0.2) is 36.5 Å². The molecule has 0 amide bonds. The molecule has 0 atom stereocenters. The van der Waals surface area contributed by atoms with E-state index in [4.69, 9.17) is 4.74 Å². The van der Waals surface area contributed by atoms with Crippen molar-refractivity contribution in [2.45, 2.75) is 19.8 Å². The topological polar surface area (TPSA) is 39.2 Å². The number of nitrogens with zero attached hydrogens (tertiary/aromatic N) is 1. The molecule has 0 bridgehead atoms. The average Bonchev–Trinajstić information content (AvgIpc) is 2.48. The van der Waals surface area contributed by atoms with Gasteiger partial charge >= 0.3 is 0 Å². The first-order valence-electron chi connectivity index (χ1n) is 6.44. The fourth-order valence-electron chi connectivity index (χ4n) is 1.87. The second kappa shape index (κ2) is 6.28. The van der Waals surface area contributed by atoms with Crippen LogP contribution in [0.1, 0.15) is 28.5 Å². The Bertz CT molecular complexity index is 608. The minimum atomic E-state index is -0.477. The van der Waals surface area contributed by atoms with E-state index in [1.807, 2.05) is 19.1 Å². The first-order chi connectivity index (χ1) is 9.63. The van der Waals surface area contributed by atoms with Crippen molar-refractivity contribution in [3.05, 3.63) is 59.2 Å². The first kappa shape index (κ1) is 14.2. The molecule has 0 saturated heterocycles. The number of methoxy groups -OCH3 is 1. The molecule has 1 aromatic carbocycles. The van der Waals surface area contributed by atoms with Gasteiger partial charge in [0.15, 0.2) is 17.3 Å². The van der Waals surface area contributed by atoms with Gasteiger partial charge in [-0.3, -0.25) is 9.78 Å². The molecule has 0 aliphatic carbocycles. The molecule has 4 heteroatoms. The van der Waals surface area contributed by atoms with Crippen LogP contribution in [0.2, 0.25) is 0 Å². The van der Waals surface area contributed by atoms with Crippen LogP contribution in [0.25, 0.3) is 0 Å². The molecule has 0 fully saturated rings. The maximum atomic E-state index is 13.3. The summed E-state index contributed by atoms with van der Waals surface area (Å²) < 4.78 is 18.2. The van der Waals surface area contributed by atoms with Crippen molar-refractivity contribution in [1.82, 2.24) is 4.98 Å². The first-order valence-corrected chi connectivity index (χ1v) is 6.44. The lowest BCUT2D eigenvalue weighted by Crippen LogP contribution is -2.06. The molecule has 2 aromatic rings. The van der Waals surface area contributed by atoms with Crippen LogP contribution in [0.3, 0.4) is 0 Å². The highest BCUT2D eigenvalue weighted by molar-refractivity contribution is 5.97. The molecule has 0 aliphatic heterocycles. The van der Waals surface area contributed by atoms with E-state index in [0.717, 1.165) is 12.0 Å². The lowest BCUT2D eigenvalue weighted by Gasteiger charge is -2.05. The summed E-state index contributed by atoms with van der Waals surface area (Å²) >= 11 is 0. The third-order valence-electron chi connectivity index (χ3n) is 3.11. The zero-order valence-corrected chi connectivity index (χ0v) is 11.5. The summed E-state index contributed by atoms with van der Waals surface area (Å²) in [5.74, 6) is -0.514. The summed E-state index contributed by atoms with van der Waals surface area (Å²) in [6.45, 7) is 2.05. The Balaban J connectivity index is 2.14. The number of rotatable bonds is 5. The quantitative estimate of drug-likeness (QED) is 0.785. The van der Waals surface area contributed by atoms with Crippen LogP contribution in [-0.4, -0.2) is 17.9 Å². The number of aryl methyl sites for hydroxylation is 1. The van der Waals surface area contributed by atoms with Gasteiger partial charge in [-0.15, -0.1) is 0 Å². The summed E-state index contributed by atoms with van der Waals surface area (Å²) in [6.07, 6.45) is 2.88. The van der Waals surface area contributed by atoms with Crippen LogP contribution in [0, 0.1) is 5.82 Å². The standard InChI is InChI=1S/C16H16FNO2/c1-3-11-4-6-13(18-10-11)9-15(19)12-5-7-14(17)16(8-12)20-2/h4-8,10H,3,9H2,1-2H3. The largest absolute Gasteiger partial charge is 0.494 e. The van der Waals surface area contributed by atoms with Gasteiger partial charge in [0, 0.05) is 17.5 Å². The molecule has 2 rings (SSSR count). The van der Waals surface area contributed by atoms with Crippen molar-refractivity contribution >= 4 is 5.78 Å². The number of hydrogen-bond acceptors (Lipinski definition) is 3. The second-order valence-electron chi connectivity index (χ2n) is 4.46. The van der Waals surface area contributed by atoms with Crippen LogP contribution >= 0.6 is 0 Å². The average molecular weight is 273 g/mol. The van der Waals surface area contributed by atoms with E-state index in [-0.39, 0.29) is 18.0 Å². The molecule has 1 aromatic heterocycles. The predicted octanol–water partition coefficient (Wildman–Crippen LogP) is 3.22. The monoisotopic (exact) mass is 273 g/mol. The Hall–Kier alpha value is -2.23. The van der Waals surface area contributed by atoms with Gasteiger partial charge in [-0.05, 0) is 36.2 Å². The molecule has 0 unspecified atom stereocenters. The van der Waals surface area contributed by atoms with Crippen molar-refractivity contribution in [1.29, 1.82) is 0 Å². The highest BCUT2D eigenvalue weighted by Crippen LogP contribution is 2.19. The number of Topliss-reactive ketones (excluding diaryl/α,β-unsaturated/α-hetero) is 1. The minimum Gasteiger partial charge on any atom is -0.494 e. The molecule has 0 radical (unpaired) electrons. The molecule has 3 nitrogen and oxygen atoms in total. The maximum absolute atomic E-state index is 13.3. The summed E-state index contributed by atoms with van der Waals surface area (Å²) in [4.78, 5) is 16.4. The number of aromatic nitrogens is 1. The van der Waals surface area contributed by atoms with Gasteiger partial charge in [-0.2, -0.15) is 0 Å². The normalized spacial score (nSPS) is 10.3. The van der Waals surface area contributed by atoms with E-state index in [9.17, 15) is 9.18 Å². The van der Waals surface area contributed by atoms with Crippen molar-refractivity contribution in [3.63, 3.8) is 0 Å². The fourth-order valence-corrected chi connectivity index (χ4v) is 1.87. The van der Waals surface area contributed by atoms with Gasteiger partial charge in [0.25, 0.3) is 0 Å². The van der Waals surface area contributed by atoms with E-state index < -0.39 is 5.82 Å². The Morgan fingerprint density at radius 1 is 1.30 bits per heavy atom. The van der Waals surface area contributed by atoms with Gasteiger partial charge < -0.3 is 4.74 Å². The van der Waals surface area contributed by atoms with E-state index >= 15 is 0 Å². The Kier molecular flexibility index (Phi) is 4.45. The number of carbonyl (C=O) groups excluding carboxylic acids is 1. The fraction of sp³-hybridized carbons (Fsp3) is 0.250. The summed E-state index contributed by atoms with van der Waals surface area (Å²) in [7, 11) is 1.37. The number of benzene rings is 1. The van der Waals surface area contributed by atoms with E-state index in [2.05, 4.69) is 4.98 Å². The summed E-state index contributed by atoms with van der Waals surface area (Å²) in [5, 5.41) is 0. The van der Waals surface area contributed by atoms with E-state index in [1.54, 1.807) is 6.20 Å². The molecule has 0 saturated carbocycles. The molecule has 0 N–H and O–H groups in total. The van der Waals surface area contributed by atoms with Crippen LogP contribution in [0.4, 0.5) is 4.39 Å². The SMILES string of the molecule is CCc1ccc(CC(=O)c2ccc(F)c(OC)c2)nc1. The van der Waals surface area contributed by atoms with Crippen molar-refractivity contribution in [2.24, 2.45) is 0 Å². The second-order valence-corrected chi connectivity index (χ2v) is 4.46. The Morgan fingerprint density at radius 2 is 2.10 bits per heavy atom. The van der Waals surface area contributed by atoms with Crippen LogP contribution in [0.5, 0.6) is 5.75 Å². The van der Waals surface area contributed by atoms with Crippen molar-refractivity contribution < 1.29 is 13.9 Å². The molecule has 0 aliphatic rings. The zero-order valence-electron chi connectivity index (χ0n) is 11.5.